The summed E-state index contributed by atoms with van der Waals surface area (Å²) in [5.74, 6) is -0.530. The summed E-state index contributed by atoms with van der Waals surface area (Å²) in [6, 6.07) is 0.494. The molecule has 96 valence electrons. The van der Waals surface area contributed by atoms with Gasteiger partial charge in [0.15, 0.2) is 6.61 Å². The van der Waals surface area contributed by atoms with Crippen molar-refractivity contribution in [2.45, 2.75) is 19.3 Å². The summed E-state index contributed by atoms with van der Waals surface area (Å²) >= 11 is 0. The number of halogens is 6. The maximum Gasteiger partial charge on any atom is 0.422 e. The average molecular weight is 259 g/mol. The fraction of sp³-hybridized carbons (Fsp3) is 0.444. The lowest BCUT2D eigenvalue weighted by molar-refractivity contribution is -0.153. The fourth-order valence-electron chi connectivity index (χ4n) is 0.974. The van der Waals surface area contributed by atoms with Crippen molar-refractivity contribution >= 4 is 0 Å². The second-order valence-electron chi connectivity index (χ2n) is 3.21. The SMILES string of the molecule is Cc1ncc(C(F)(F)F)cc1OCC(F)(F)F. The summed E-state index contributed by atoms with van der Waals surface area (Å²) in [5, 5.41) is 0. The average Bonchev–Trinajstić information content (AvgIpc) is 2.13. The Morgan fingerprint density at radius 1 is 1.18 bits per heavy atom. The third-order valence-electron chi connectivity index (χ3n) is 1.76. The number of aromatic nitrogens is 1. The van der Waals surface area contributed by atoms with Gasteiger partial charge in [-0.15, -0.1) is 0 Å². The Hall–Kier alpha value is -1.47. The molecular formula is C9H7F6NO. The van der Waals surface area contributed by atoms with Crippen LogP contribution in [-0.2, 0) is 6.18 Å². The summed E-state index contributed by atoms with van der Waals surface area (Å²) in [5.41, 5.74) is -1.19. The topological polar surface area (TPSA) is 22.1 Å². The first-order chi connectivity index (χ1) is 7.59. The van der Waals surface area contributed by atoms with Crippen LogP contribution in [0.15, 0.2) is 12.3 Å². The van der Waals surface area contributed by atoms with Crippen LogP contribution >= 0.6 is 0 Å². The minimum Gasteiger partial charge on any atom is -0.482 e. The van der Waals surface area contributed by atoms with Crippen LogP contribution in [0.3, 0.4) is 0 Å². The highest BCUT2D eigenvalue weighted by atomic mass is 19.4. The van der Waals surface area contributed by atoms with Gasteiger partial charge >= 0.3 is 12.4 Å². The lowest BCUT2D eigenvalue weighted by Crippen LogP contribution is -2.20. The van der Waals surface area contributed by atoms with Gasteiger partial charge < -0.3 is 4.74 Å². The van der Waals surface area contributed by atoms with E-state index < -0.39 is 30.3 Å². The second kappa shape index (κ2) is 4.42. The maximum absolute atomic E-state index is 12.3. The van der Waals surface area contributed by atoms with E-state index in [-0.39, 0.29) is 5.69 Å². The van der Waals surface area contributed by atoms with Crippen LogP contribution in [0.2, 0.25) is 0 Å². The van der Waals surface area contributed by atoms with Gasteiger partial charge in [-0.05, 0) is 13.0 Å². The molecule has 0 amide bonds. The van der Waals surface area contributed by atoms with Crippen LogP contribution in [0.5, 0.6) is 5.75 Å². The molecular weight excluding hydrogens is 252 g/mol. The first kappa shape index (κ1) is 13.6. The molecule has 0 aliphatic rings. The van der Waals surface area contributed by atoms with Gasteiger partial charge in [0.25, 0.3) is 0 Å². The summed E-state index contributed by atoms with van der Waals surface area (Å²) in [6.45, 7) is -0.400. The number of hydrogen-bond donors (Lipinski definition) is 0. The molecule has 17 heavy (non-hydrogen) atoms. The van der Waals surface area contributed by atoms with E-state index in [1.807, 2.05) is 0 Å². The van der Waals surface area contributed by atoms with Crippen LogP contribution in [0.25, 0.3) is 0 Å². The van der Waals surface area contributed by atoms with E-state index in [1.165, 1.54) is 6.92 Å². The van der Waals surface area contributed by atoms with Crippen molar-refractivity contribution in [3.8, 4) is 5.75 Å². The first-order valence-corrected chi connectivity index (χ1v) is 4.33. The number of rotatable bonds is 2. The maximum atomic E-state index is 12.3. The molecule has 0 radical (unpaired) electrons. The van der Waals surface area contributed by atoms with Gasteiger partial charge in [0.1, 0.15) is 5.75 Å². The van der Waals surface area contributed by atoms with Crippen molar-refractivity contribution in [1.82, 2.24) is 4.98 Å². The number of aryl methyl sites for hydroxylation is 1. The molecule has 0 bridgehead atoms. The van der Waals surface area contributed by atoms with Crippen LogP contribution in [0.1, 0.15) is 11.3 Å². The van der Waals surface area contributed by atoms with Crippen molar-refractivity contribution in [1.29, 1.82) is 0 Å². The fourth-order valence-corrected chi connectivity index (χ4v) is 0.974. The van der Waals surface area contributed by atoms with Gasteiger partial charge in [-0.1, -0.05) is 0 Å². The molecule has 0 aromatic carbocycles. The van der Waals surface area contributed by atoms with E-state index in [9.17, 15) is 26.3 Å². The Morgan fingerprint density at radius 3 is 2.24 bits per heavy atom. The highest BCUT2D eigenvalue weighted by Gasteiger charge is 2.33. The van der Waals surface area contributed by atoms with Crippen molar-refractivity contribution < 1.29 is 31.1 Å². The quantitative estimate of drug-likeness (QED) is 0.760. The molecule has 8 heteroatoms. The normalized spacial score (nSPS) is 12.6. The molecule has 0 unspecified atom stereocenters. The zero-order valence-corrected chi connectivity index (χ0v) is 8.49. The Balaban J connectivity index is 2.92. The van der Waals surface area contributed by atoms with E-state index in [2.05, 4.69) is 9.72 Å². The van der Waals surface area contributed by atoms with E-state index >= 15 is 0 Å². The summed E-state index contributed by atoms with van der Waals surface area (Å²) < 4.78 is 76.5. The van der Waals surface area contributed by atoms with Gasteiger partial charge in [-0.2, -0.15) is 26.3 Å². The standard InChI is InChI=1S/C9H7F6NO/c1-5-7(17-4-8(10,11)12)2-6(3-16-5)9(13,14)15/h2-3H,4H2,1H3. The van der Waals surface area contributed by atoms with Gasteiger partial charge in [-0.3, -0.25) is 4.98 Å². The number of nitrogens with zero attached hydrogens (tertiary/aromatic N) is 1. The monoisotopic (exact) mass is 259 g/mol. The van der Waals surface area contributed by atoms with Gasteiger partial charge in [0.05, 0.1) is 11.3 Å². The highest BCUT2D eigenvalue weighted by molar-refractivity contribution is 5.32. The zero-order valence-electron chi connectivity index (χ0n) is 8.49. The number of ether oxygens (including phenoxy) is 1. The van der Waals surface area contributed by atoms with Crippen molar-refractivity contribution in [2.75, 3.05) is 6.61 Å². The summed E-state index contributed by atoms with van der Waals surface area (Å²) in [7, 11) is 0. The molecule has 2 nitrogen and oxygen atoms in total. The largest absolute Gasteiger partial charge is 0.482 e. The minimum absolute atomic E-state index is 0.0396. The van der Waals surface area contributed by atoms with Crippen LogP contribution in [0.4, 0.5) is 26.3 Å². The molecule has 1 rings (SSSR count). The van der Waals surface area contributed by atoms with E-state index in [0.29, 0.717) is 12.3 Å². The van der Waals surface area contributed by atoms with E-state index in [0.717, 1.165) is 0 Å². The summed E-state index contributed by atoms with van der Waals surface area (Å²) in [4.78, 5) is 3.33. The smallest absolute Gasteiger partial charge is 0.422 e. The predicted molar refractivity (Wildman–Crippen MR) is 45.5 cm³/mol. The summed E-state index contributed by atoms with van der Waals surface area (Å²) in [6.07, 6.45) is -8.74. The zero-order chi connectivity index (χ0) is 13.3. The molecule has 0 saturated heterocycles. The Morgan fingerprint density at radius 2 is 1.76 bits per heavy atom. The highest BCUT2D eigenvalue weighted by Crippen LogP contribution is 2.32. The van der Waals surface area contributed by atoms with Crippen molar-refractivity contribution in [2.24, 2.45) is 0 Å². The molecule has 0 aliphatic heterocycles. The molecule has 0 saturated carbocycles. The molecule has 0 aliphatic carbocycles. The van der Waals surface area contributed by atoms with Gasteiger partial charge in [0.2, 0.25) is 0 Å². The predicted octanol–water partition coefficient (Wildman–Crippen LogP) is 3.35. The lowest BCUT2D eigenvalue weighted by atomic mass is 10.2. The van der Waals surface area contributed by atoms with Crippen molar-refractivity contribution in [3.63, 3.8) is 0 Å². The van der Waals surface area contributed by atoms with Gasteiger partial charge in [0, 0.05) is 6.20 Å². The van der Waals surface area contributed by atoms with Crippen LogP contribution in [0, 0.1) is 6.92 Å². The number of pyridine rings is 1. The van der Waals surface area contributed by atoms with Gasteiger partial charge in [-0.25, -0.2) is 0 Å². The third-order valence-corrected chi connectivity index (χ3v) is 1.76. The van der Waals surface area contributed by atoms with Crippen LogP contribution < -0.4 is 4.74 Å². The van der Waals surface area contributed by atoms with Crippen molar-refractivity contribution in [3.05, 3.63) is 23.5 Å². The minimum atomic E-state index is -4.67. The Bertz CT molecular complexity index is 397. The van der Waals surface area contributed by atoms with E-state index in [4.69, 9.17) is 0 Å². The molecule has 1 aromatic heterocycles. The second-order valence-corrected chi connectivity index (χ2v) is 3.21. The molecule has 0 N–H and O–H groups in total. The van der Waals surface area contributed by atoms with E-state index in [1.54, 1.807) is 0 Å². The Labute approximate surface area is 92.2 Å². The first-order valence-electron chi connectivity index (χ1n) is 4.33. The molecule has 1 aromatic rings. The molecule has 1 heterocycles. The Kier molecular flexibility index (Phi) is 3.53. The lowest BCUT2D eigenvalue weighted by Gasteiger charge is -2.13. The molecule has 0 fully saturated rings. The third kappa shape index (κ3) is 4.12. The number of hydrogen-bond acceptors (Lipinski definition) is 2. The molecule has 0 spiro atoms. The molecule has 0 atom stereocenters. The number of alkyl halides is 6. The van der Waals surface area contributed by atoms with Crippen LogP contribution in [-0.4, -0.2) is 17.8 Å².